The molecule has 3 nitrogen and oxygen atoms in total. The first-order chi connectivity index (χ1) is 6.56. The van der Waals surface area contributed by atoms with Crippen LogP contribution in [0.25, 0.3) is 0 Å². The van der Waals surface area contributed by atoms with Gasteiger partial charge in [-0.2, -0.15) is 0 Å². The highest BCUT2D eigenvalue weighted by Gasteiger charge is 2.18. The maximum absolute atomic E-state index is 5.62. The second-order valence-electron chi connectivity index (χ2n) is 3.74. The van der Waals surface area contributed by atoms with Gasteiger partial charge in [-0.3, -0.25) is 0 Å². The Labute approximate surface area is 89.9 Å². The molecule has 0 bridgehead atoms. The number of nitrogens with zero attached hydrogens (tertiary/aromatic N) is 2. The van der Waals surface area contributed by atoms with Crippen LogP contribution in [0, 0.1) is 13.8 Å². The van der Waals surface area contributed by atoms with E-state index in [0.717, 1.165) is 23.7 Å². The van der Waals surface area contributed by atoms with Crippen LogP contribution < -0.4 is 5.73 Å². The Morgan fingerprint density at radius 2 is 2.07 bits per heavy atom. The van der Waals surface area contributed by atoms with E-state index in [1.54, 1.807) is 11.3 Å². The number of aryl methyl sites for hydroxylation is 2. The van der Waals surface area contributed by atoms with Crippen LogP contribution in [0.3, 0.4) is 0 Å². The van der Waals surface area contributed by atoms with Crippen molar-refractivity contribution in [3.8, 4) is 0 Å². The zero-order valence-electron chi connectivity index (χ0n) is 9.37. The normalized spacial score (nSPS) is 13.6. The molecule has 1 aromatic heterocycles. The molecular formula is C10H19N3S. The van der Waals surface area contributed by atoms with Gasteiger partial charge in [-0.25, -0.2) is 4.98 Å². The largest absolute Gasteiger partial charge is 0.330 e. The molecule has 1 rings (SSSR count). The summed E-state index contributed by atoms with van der Waals surface area (Å²) >= 11 is 1.78. The number of hydrogen-bond acceptors (Lipinski definition) is 4. The molecule has 0 radical (unpaired) electrons. The van der Waals surface area contributed by atoms with Gasteiger partial charge in [0.15, 0.2) is 0 Å². The lowest BCUT2D eigenvalue weighted by Gasteiger charge is -2.22. The minimum Gasteiger partial charge on any atom is -0.330 e. The lowest BCUT2D eigenvalue weighted by Crippen LogP contribution is -2.22. The SMILES string of the molecule is Cc1nc(C)c(C(CCN)N(C)C)s1. The molecule has 0 saturated heterocycles. The van der Waals surface area contributed by atoms with Crippen molar-refractivity contribution < 1.29 is 0 Å². The minimum atomic E-state index is 0.422. The molecule has 1 aromatic rings. The van der Waals surface area contributed by atoms with Crippen LogP contribution >= 0.6 is 11.3 Å². The van der Waals surface area contributed by atoms with Gasteiger partial charge in [0.2, 0.25) is 0 Å². The van der Waals surface area contributed by atoms with Crippen LogP contribution in [0.15, 0.2) is 0 Å². The van der Waals surface area contributed by atoms with Gasteiger partial charge in [0.25, 0.3) is 0 Å². The van der Waals surface area contributed by atoms with E-state index in [2.05, 4.69) is 37.8 Å². The van der Waals surface area contributed by atoms with Crippen LogP contribution in [0.4, 0.5) is 0 Å². The van der Waals surface area contributed by atoms with E-state index in [-0.39, 0.29) is 0 Å². The van der Waals surface area contributed by atoms with Gasteiger partial charge in [-0.05, 0) is 40.9 Å². The van der Waals surface area contributed by atoms with Crippen molar-refractivity contribution >= 4 is 11.3 Å². The fourth-order valence-corrected chi connectivity index (χ4v) is 2.80. The molecule has 0 fully saturated rings. The van der Waals surface area contributed by atoms with Crippen molar-refractivity contribution in [3.05, 3.63) is 15.6 Å². The number of thiazole rings is 1. The van der Waals surface area contributed by atoms with Gasteiger partial charge in [0, 0.05) is 10.9 Å². The lowest BCUT2D eigenvalue weighted by atomic mass is 10.1. The van der Waals surface area contributed by atoms with Crippen LogP contribution in [0.5, 0.6) is 0 Å². The Kier molecular flexibility index (Phi) is 4.04. The Balaban J connectivity index is 2.92. The molecule has 0 amide bonds. The van der Waals surface area contributed by atoms with Gasteiger partial charge < -0.3 is 10.6 Å². The molecule has 0 spiro atoms. The van der Waals surface area contributed by atoms with E-state index in [9.17, 15) is 0 Å². The van der Waals surface area contributed by atoms with Gasteiger partial charge in [-0.1, -0.05) is 0 Å². The second kappa shape index (κ2) is 4.87. The van der Waals surface area contributed by atoms with Gasteiger partial charge in [0.1, 0.15) is 0 Å². The maximum atomic E-state index is 5.62. The van der Waals surface area contributed by atoms with Gasteiger partial charge in [-0.15, -0.1) is 11.3 Å². The molecule has 0 aliphatic heterocycles. The summed E-state index contributed by atoms with van der Waals surface area (Å²) in [6.07, 6.45) is 0.996. The van der Waals surface area contributed by atoms with Crippen LogP contribution in [0.2, 0.25) is 0 Å². The standard InChI is InChI=1S/C10H19N3S/c1-7-10(14-8(2)12-7)9(5-6-11)13(3)4/h9H,5-6,11H2,1-4H3. The molecule has 14 heavy (non-hydrogen) atoms. The first-order valence-electron chi connectivity index (χ1n) is 4.86. The van der Waals surface area contributed by atoms with E-state index in [0.29, 0.717) is 6.04 Å². The summed E-state index contributed by atoms with van der Waals surface area (Å²) in [6.45, 7) is 4.85. The van der Waals surface area contributed by atoms with E-state index in [4.69, 9.17) is 5.73 Å². The van der Waals surface area contributed by atoms with E-state index < -0.39 is 0 Å². The summed E-state index contributed by atoms with van der Waals surface area (Å²) in [5.74, 6) is 0. The average Bonchev–Trinajstić information content (AvgIpc) is 2.40. The lowest BCUT2D eigenvalue weighted by molar-refractivity contribution is 0.290. The molecule has 2 N–H and O–H groups in total. The summed E-state index contributed by atoms with van der Waals surface area (Å²) < 4.78 is 0. The fraction of sp³-hybridized carbons (Fsp3) is 0.700. The van der Waals surface area contributed by atoms with Gasteiger partial charge >= 0.3 is 0 Å². The quantitative estimate of drug-likeness (QED) is 0.828. The Hall–Kier alpha value is -0.450. The highest BCUT2D eigenvalue weighted by molar-refractivity contribution is 7.11. The molecular weight excluding hydrogens is 194 g/mol. The van der Waals surface area contributed by atoms with Gasteiger partial charge in [0.05, 0.1) is 10.7 Å². The summed E-state index contributed by atoms with van der Waals surface area (Å²) in [5, 5.41) is 1.14. The highest BCUT2D eigenvalue weighted by Crippen LogP contribution is 2.29. The fourth-order valence-electron chi connectivity index (χ4n) is 1.64. The third kappa shape index (κ3) is 2.53. The summed E-state index contributed by atoms with van der Waals surface area (Å²) in [6, 6.07) is 0.422. The summed E-state index contributed by atoms with van der Waals surface area (Å²) in [5.41, 5.74) is 6.77. The average molecular weight is 213 g/mol. The summed E-state index contributed by atoms with van der Waals surface area (Å²) in [7, 11) is 4.18. The molecule has 0 aromatic carbocycles. The van der Waals surface area contributed by atoms with Crippen molar-refractivity contribution in [2.24, 2.45) is 5.73 Å². The van der Waals surface area contributed by atoms with E-state index in [1.165, 1.54) is 4.88 Å². The number of rotatable bonds is 4. The first kappa shape index (κ1) is 11.6. The Morgan fingerprint density at radius 3 is 2.43 bits per heavy atom. The number of hydrogen-bond donors (Lipinski definition) is 1. The Morgan fingerprint density at radius 1 is 1.43 bits per heavy atom. The van der Waals surface area contributed by atoms with E-state index in [1.807, 2.05) is 0 Å². The molecule has 1 heterocycles. The Bertz CT molecular complexity index is 294. The smallest absolute Gasteiger partial charge is 0.0900 e. The predicted octanol–water partition coefficient (Wildman–Crippen LogP) is 1.71. The van der Waals surface area contributed by atoms with Crippen molar-refractivity contribution in [2.45, 2.75) is 26.3 Å². The molecule has 80 valence electrons. The predicted molar refractivity (Wildman–Crippen MR) is 61.7 cm³/mol. The number of aromatic nitrogens is 1. The summed E-state index contributed by atoms with van der Waals surface area (Å²) in [4.78, 5) is 8.02. The second-order valence-corrected chi connectivity index (χ2v) is 4.97. The molecule has 4 heteroatoms. The van der Waals surface area contributed by atoms with Crippen LogP contribution in [-0.2, 0) is 0 Å². The number of nitrogens with two attached hydrogens (primary N) is 1. The van der Waals surface area contributed by atoms with Crippen LogP contribution in [-0.4, -0.2) is 30.5 Å². The third-order valence-electron chi connectivity index (χ3n) is 2.31. The maximum Gasteiger partial charge on any atom is 0.0900 e. The van der Waals surface area contributed by atoms with Crippen molar-refractivity contribution in [1.29, 1.82) is 0 Å². The monoisotopic (exact) mass is 213 g/mol. The zero-order valence-corrected chi connectivity index (χ0v) is 10.2. The topological polar surface area (TPSA) is 42.1 Å². The van der Waals surface area contributed by atoms with Crippen LogP contribution in [0.1, 0.15) is 28.0 Å². The van der Waals surface area contributed by atoms with E-state index >= 15 is 0 Å². The molecule has 1 unspecified atom stereocenters. The highest BCUT2D eigenvalue weighted by atomic mass is 32.1. The molecule has 1 atom stereocenters. The zero-order chi connectivity index (χ0) is 10.7. The van der Waals surface area contributed by atoms with Crippen molar-refractivity contribution in [2.75, 3.05) is 20.6 Å². The van der Waals surface area contributed by atoms with Crippen molar-refractivity contribution in [3.63, 3.8) is 0 Å². The molecule has 0 aliphatic rings. The van der Waals surface area contributed by atoms with Crippen molar-refractivity contribution in [1.82, 2.24) is 9.88 Å². The third-order valence-corrected chi connectivity index (χ3v) is 3.48. The molecule has 0 aliphatic carbocycles. The minimum absolute atomic E-state index is 0.422. The molecule has 0 saturated carbocycles. The first-order valence-corrected chi connectivity index (χ1v) is 5.68.